The number of hydrogen-bond donors (Lipinski definition) is 1. The van der Waals surface area contributed by atoms with Crippen molar-refractivity contribution in [2.45, 2.75) is 16.9 Å². The zero-order chi connectivity index (χ0) is 14.6. The summed E-state index contributed by atoms with van der Waals surface area (Å²) in [5.41, 5.74) is -3.21. The van der Waals surface area contributed by atoms with Gasteiger partial charge in [-0.25, -0.2) is 0 Å². The summed E-state index contributed by atoms with van der Waals surface area (Å²) in [6, 6.07) is 6.97. The van der Waals surface area contributed by atoms with Crippen LogP contribution in [0.3, 0.4) is 0 Å². The van der Waals surface area contributed by atoms with Gasteiger partial charge >= 0.3 is 5.51 Å². The molecule has 0 radical (unpaired) electrons. The standard InChI is InChI=1S/C13H10F3NO2S/c14-13(15,16)20-11-3-1-10(2-4-11)12(18)17-7-9-5-6-19-8-9/h1-6,8H,7H2,(H,17,18). The Kier molecular flexibility index (Phi) is 4.39. The molecule has 20 heavy (non-hydrogen) atoms. The lowest BCUT2D eigenvalue weighted by Gasteiger charge is -2.07. The number of nitrogens with one attached hydrogen (secondary N) is 1. The Morgan fingerprint density at radius 3 is 2.45 bits per heavy atom. The fraction of sp³-hybridized carbons (Fsp3) is 0.154. The van der Waals surface area contributed by atoms with Crippen LogP contribution in [0.15, 0.2) is 52.2 Å². The minimum atomic E-state index is -4.33. The Balaban J connectivity index is 1.93. The van der Waals surface area contributed by atoms with Crippen LogP contribution in [-0.4, -0.2) is 11.4 Å². The Bertz CT molecular complexity index is 564. The van der Waals surface area contributed by atoms with Gasteiger partial charge in [0.2, 0.25) is 0 Å². The molecule has 1 aromatic carbocycles. The highest BCUT2D eigenvalue weighted by Gasteiger charge is 2.29. The van der Waals surface area contributed by atoms with E-state index in [1.54, 1.807) is 6.07 Å². The number of amides is 1. The van der Waals surface area contributed by atoms with E-state index in [2.05, 4.69) is 5.32 Å². The third-order valence-corrected chi connectivity index (χ3v) is 3.12. The lowest BCUT2D eigenvalue weighted by Crippen LogP contribution is -2.22. The predicted octanol–water partition coefficient (Wildman–Crippen LogP) is 3.82. The first-order chi connectivity index (χ1) is 9.44. The van der Waals surface area contributed by atoms with Crippen LogP contribution in [0.2, 0.25) is 0 Å². The number of thioether (sulfide) groups is 1. The molecule has 1 amide bonds. The average molecular weight is 301 g/mol. The molecule has 7 heteroatoms. The summed E-state index contributed by atoms with van der Waals surface area (Å²) >= 11 is -0.212. The summed E-state index contributed by atoms with van der Waals surface area (Å²) in [6.07, 6.45) is 2.99. The number of carbonyl (C=O) groups excluding carboxylic acids is 1. The van der Waals surface area contributed by atoms with Crippen LogP contribution in [0.25, 0.3) is 0 Å². The summed E-state index contributed by atoms with van der Waals surface area (Å²) in [6.45, 7) is 0.300. The highest BCUT2D eigenvalue weighted by atomic mass is 32.2. The van der Waals surface area contributed by atoms with E-state index >= 15 is 0 Å². The van der Waals surface area contributed by atoms with Gasteiger partial charge in [0.05, 0.1) is 12.5 Å². The maximum Gasteiger partial charge on any atom is 0.446 e. The zero-order valence-electron chi connectivity index (χ0n) is 10.1. The smallest absolute Gasteiger partial charge is 0.446 e. The van der Waals surface area contributed by atoms with E-state index in [0.717, 1.165) is 5.56 Å². The number of hydrogen-bond acceptors (Lipinski definition) is 3. The molecular weight excluding hydrogens is 291 g/mol. The molecule has 0 atom stereocenters. The van der Waals surface area contributed by atoms with Crippen LogP contribution in [0, 0.1) is 0 Å². The molecule has 3 nitrogen and oxygen atoms in total. The van der Waals surface area contributed by atoms with Crippen molar-refractivity contribution in [2.75, 3.05) is 0 Å². The summed E-state index contributed by atoms with van der Waals surface area (Å²) in [5, 5.41) is 2.64. The van der Waals surface area contributed by atoms with Crippen LogP contribution in [-0.2, 0) is 6.54 Å². The van der Waals surface area contributed by atoms with E-state index in [4.69, 9.17) is 4.42 Å². The molecule has 0 saturated carbocycles. The number of rotatable bonds is 4. The van der Waals surface area contributed by atoms with Crippen molar-refractivity contribution < 1.29 is 22.4 Å². The fourth-order valence-corrected chi connectivity index (χ4v) is 2.03. The highest BCUT2D eigenvalue weighted by Crippen LogP contribution is 2.36. The summed E-state index contributed by atoms with van der Waals surface area (Å²) < 4.78 is 41.3. The quantitative estimate of drug-likeness (QED) is 0.873. The van der Waals surface area contributed by atoms with Gasteiger partial charge in [0.1, 0.15) is 0 Å². The van der Waals surface area contributed by atoms with Crippen molar-refractivity contribution in [3.05, 3.63) is 54.0 Å². The van der Waals surface area contributed by atoms with Crippen LogP contribution >= 0.6 is 11.8 Å². The van der Waals surface area contributed by atoms with Crippen molar-refractivity contribution in [3.63, 3.8) is 0 Å². The molecule has 0 aliphatic rings. The third-order valence-electron chi connectivity index (χ3n) is 2.38. The van der Waals surface area contributed by atoms with Crippen LogP contribution in [0.5, 0.6) is 0 Å². The molecule has 0 fully saturated rings. The number of halogens is 3. The van der Waals surface area contributed by atoms with Gasteiger partial charge in [-0.15, -0.1) is 0 Å². The number of carbonyl (C=O) groups is 1. The molecule has 0 aliphatic heterocycles. The lowest BCUT2D eigenvalue weighted by molar-refractivity contribution is -0.0328. The lowest BCUT2D eigenvalue weighted by atomic mass is 10.2. The van der Waals surface area contributed by atoms with Crippen molar-refractivity contribution in [1.82, 2.24) is 5.32 Å². The van der Waals surface area contributed by atoms with E-state index in [9.17, 15) is 18.0 Å². The maximum atomic E-state index is 12.2. The highest BCUT2D eigenvalue weighted by molar-refractivity contribution is 8.00. The SMILES string of the molecule is O=C(NCc1ccoc1)c1ccc(SC(F)(F)F)cc1. The monoisotopic (exact) mass is 301 g/mol. The van der Waals surface area contributed by atoms with E-state index in [1.165, 1.54) is 36.8 Å². The molecule has 1 heterocycles. The van der Waals surface area contributed by atoms with E-state index in [1.807, 2.05) is 0 Å². The molecule has 2 rings (SSSR count). The second-order valence-electron chi connectivity index (χ2n) is 3.89. The second-order valence-corrected chi connectivity index (χ2v) is 5.02. The van der Waals surface area contributed by atoms with Crippen molar-refractivity contribution in [2.24, 2.45) is 0 Å². The van der Waals surface area contributed by atoms with Gasteiger partial charge in [-0.3, -0.25) is 4.79 Å². The van der Waals surface area contributed by atoms with Gasteiger partial charge < -0.3 is 9.73 Å². The van der Waals surface area contributed by atoms with Gasteiger partial charge in [0.25, 0.3) is 5.91 Å². The predicted molar refractivity (Wildman–Crippen MR) is 68.2 cm³/mol. The normalized spacial score (nSPS) is 11.3. The molecule has 106 valence electrons. The Morgan fingerprint density at radius 1 is 1.20 bits per heavy atom. The molecule has 0 aliphatic carbocycles. The Hall–Kier alpha value is -1.89. The van der Waals surface area contributed by atoms with Crippen molar-refractivity contribution >= 4 is 17.7 Å². The van der Waals surface area contributed by atoms with Crippen molar-refractivity contribution in [3.8, 4) is 0 Å². The molecule has 0 bridgehead atoms. The summed E-state index contributed by atoms with van der Waals surface area (Å²) in [5.74, 6) is -0.352. The summed E-state index contributed by atoms with van der Waals surface area (Å²) in [7, 11) is 0. The number of furan rings is 1. The molecule has 2 aromatic rings. The molecule has 0 spiro atoms. The first-order valence-electron chi connectivity index (χ1n) is 5.59. The number of benzene rings is 1. The largest absolute Gasteiger partial charge is 0.472 e. The maximum absolute atomic E-state index is 12.2. The Labute approximate surface area is 117 Å². The van der Waals surface area contributed by atoms with Crippen LogP contribution in [0.4, 0.5) is 13.2 Å². The van der Waals surface area contributed by atoms with Crippen LogP contribution in [0.1, 0.15) is 15.9 Å². The molecular formula is C13H10F3NO2S. The third kappa shape index (κ3) is 4.34. The fourth-order valence-electron chi connectivity index (χ4n) is 1.49. The molecule has 0 unspecified atom stereocenters. The van der Waals surface area contributed by atoms with E-state index < -0.39 is 5.51 Å². The second kappa shape index (κ2) is 6.04. The van der Waals surface area contributed by atoms with Crippen LogP contribution < -0.4 is 5.32 Å². The van der Waals surface area contributed by atoms with Crippen molar-refractivity contribution in [1.29, 1.82) is 0 Å². The zero-order valence-corrected chi connectivity index (χ0v) is 10.9. The molecule has 1 N–H and O–H groups in total. The topological polar surface area (TPSA) is 42.2 Å². The first kappa shape index (κ1) is 14.5. The van der Waals surface area contributed by atoms with Gasteiger partial charge in [0, 0.05) is 22.6 Å². The van der Waals surface area contributed by atoms with Gasteiger partial charge in [0.15, 0.2) is 0 Å². The minimum Gasteiger partial charge on any atom is -0.472 e. The van der Waals surface area contributed by atoms with E-state index in [0.29, 0.717) is 12.1 Å². The van der Waals surface area contributed by atoms with Gasteiger partial charge in [-0.2, -0.15) is 13.2 Å². The van der Waals surface area contributed by atoms with Gasteiger partial charge in [-0.1, -0.05) is 0 Å². The average Bonchev–Trinajstić information content (AvgIpc) is 2.88. The first-order valence-corrected chi connectivity index (χ1v) is 6.41. The number of alkyl halides is 3. The summed E-state index contributed by atoms with van der Waals surface area (Å²) in [4.78, 5) is 11.8. The minimum absolute atomic E-state index is 0.0453. The Morgan fingerprint density at radius 2 is 1.90 bits per heavy atom. The molecule has 0 saturated heterocycles. The van der Waals surface area contributed by atoms with E-state index in [-0.39, 0.29) is 22.6 Å². The van der Waals surface area contributed by atoms with Gasteiger partial charge in [-0.05, 0) is 42.1 Å². The molecule has 1 aromatic heterocycles.